The molecule has 0 aromatic heterocycles. The van der Waals surface area contributed by atoms with Crippen molar-refractivity contribution in [2.75, 3.05) is 26.9 Å². The number of likely N-dealkylation sites (tertiary alicyclic amines) is 1. The minimum Gasteiger partial charge on any atom is -0.491 e. The fraction of sp³-hybridized carbons (Fsp3) is 0.533. The minimum absolute atomic E-state index is 0.0993. The van der Waals surface area contributed by atoms with Crippen molar-refractivity contribution in [3.63, 3.8) is 0 Å². The summed E-state index contributed by atoms with van der Waals surface area (Å²) in [6.45, 7) is 3.99. The van der Waals surface area contributed by atoms with Gasteiger partial charge in [0.1, 0.15) is 12.4 Å². The number of ether oxygens (including phenoxy) is 2. The molecule has 0 bridgehead atoms. The predicted molar refractivity (Wildman–Crippen MR) is 73.5 cm³/mol. The third-order valence-electron chi connectivity index (χ3n) is 3.45. The van der Waals surface area contributed by atoms with Gasteiger partial charge in [0, 0.05) is 25.3 Å². The first kappa shape index (κ1) is 13.9. The molecule has 0 spiro atoms. The Labute approximate surface area is 114 Å². The number of carbonyl (C=O) groups excluding carboxylic acids is 1. The first-order valence-corrected chi connectivity index (χ1v) is 6.75. The number of rotatable bonds is 5. The van der Waals surface area contributed by atoms with Gasteiger partial charge in [0.15, 0.2) is 0 Å². The summed E-state index contributed by atoms with van der Waals surface area (Å²) in [5.41, 5.74) is 0.698. The van der Waals surface area contributed by atoms with E-state index >= 15 is 0 Å². The summed E-state index contributed by atoms with van der Waals surface area (Å²) in [6.07, 6.45) is 2.19. The lowest BCUT2D eigenvalue weighted by atomic mass is 10.1. The summed E-state index contributed by atoms with van der Waals surface area (Å²) in [4.78, 5) is 14.3. The highest BCUT2D eigenvalue weighted by Gasteiger charge is 2.25. The first-order valence-electron chi connectivity index (χ1n) is 6.75. The molecule has 1 unspecified atom stereocenters. The number of carbonyl (C=O) groups is 1. The molecule has 1 fully saturated rings. The highest BCUT2D eigenvalue weighted by molar-refractivity contribution is 5.95. The van der Waals surface area contributed by atoms with Crippen LogP contribution in [0.4, 0.5) is 0 Å². The van der Waals surface area contributed by atoms with Gasteiger partial charge in [0.25, 0.3) is 5.91 Å². The van der Waals surface area contributed by atoms with Gasteiger partial charge in [-0.05, 0) is 38.0 Å². The molecule has 4 nitrogen and oxygen atoms in total. The highest BCUT2D eigenvalue weighted by atomic mass is 16.5. The molecule has 0 radical (unpaired) electrons. The number of methoxy groups -OCH3 is 1. The molecule has 1 amide bonds. The molecule has 1 aliphatic heterocycles. The molecule has 4 heteroatoms. The van der Waals surface area contributed by atoms with Crippen molar-refractivity contribution in [1.29, 1.82) is 0 Å². The largest absolute Gasteiger partial charge is 0.491 e. The molecule has 1 aliphatic rings. The molecule has 1 atom stereocenters. The van der Waals surface area contributed by atoms with Gasteiger partial charge in [-0.15, -0.1) is 0 Å². The van der Waals surface area contributed by atoms with Crippen molar-refractivity contribution < 1.29 is 14.3 Å². The third-order valence-corrected chi connectivity index (χ3v) is 3.45. The predicted octanol–water partition coefficient (Wildman–Crippen LogP) is 2.34. The maximum Gasteiger partial charge on any atom is 0.254 e. The number of benzene rings is 1. The Kier molecular flexibility index (Phi) is 4.80. The summed E-state index contributed by atoms with van der Waals surface area (Å²) < 4.78 is 10.5. The standard InChI is InChI=1S/C15H21NO3/c1-12-5-4-8-16(12)15(17)13-6-3-7-14(11-13)19-10-9-18-2/h3,6-7,11-12H,4-5,8-10H2,1-2H3. The summed E-state index contributed by atoms with van der Waals surface area (Å²) in [6, 6.07) is 7.71. The normalized spacial score (nSPS) is 18.6. The molecule has 2 rings (SSSR count). The second kappa shape index (κ2) is 6.57. The van der Waals surface area contributed by atoms with Crippen molar-refractivity contribution in [3.8, 4) is 5.75 Å². The van der Waals surface area contributed by atoms with Gasteiger partial charge < -0.3 is 14.4 Å². The maximum atomic E-state index is 12.4. The Balaban J connectivity index is 2.03. The summed E-state index contributed by atoms with van der Waals surface area (Å²) in [7, 11) is 1.64. The lowest BCUT2D eigenvalue weighted by Gasteiger charge is -2.21. The van der Waals surface area contributed by atoms with Crippen LogP contribution in [-0.2, 0) is 4.74 Å². The van der Waals surface area contributed by atoms with Crippen molar-refractivity contribution in [1.82, 2.24) is 4.90 Å². The van der Waals surface area contributed by atoms with Crippen molar-refractivity contribution in [2.24, 2.45) is 0 Å². The maximum absolute atomic E-state index is 12.4. The molecule has 1 aromatic carbocycles. The van der Waals surface area contributed by atoms with Crippen molar-refractivity contribution in [2.45, 2.75) is 25.8 Å². The summed E-state index contributed by atoms with van der Waals surface area (Å²) in [5, 5.41) is 0. The van der Waals surface area contributed by atoms with Gasteiger partial charge >= 0.3 is 0 Å². The van der Waals surface area contributed by atoms with Crippen LogP contribution < -0.4 is 4.74 Å². The summed E-state index contributed by atoms with van der Waals surface area (Å²) >= 11 is 0. The van der Waals surface area contributed by atoms with E-state index in [1.807, 2.05) is 29.2 Å². The zero-order valence-electron chi connectivity index (χ0n) is 11.6. The second-order valence-corrected chi connectivity index (χ2v) is 4.86. The lowest BCUT2D eigenvalue weighted by Crippen LogP contribution is -2.33. The van der Waals surface area contributed by atoms with Gasteiger partial charge in [-0.25, -0.2) is 0 Å². The van der Waals surface area contributed by atoms with Crippen LogP contribution in [0.2, 0.25) is 0 Å². The van der Waals surface area contributed by atoms with E-state index in [0.29, 0.717) is 24.8 Å². The fourth-order valence-corrected chi connectivity index (χ4v) is 2.36. The number of amides is 1. The Hall–Kier alpha value is -1.55. The zero-order chi connectivity index (χ0) is 13.7. The van der Waals surface area contributed by atoms with Crippen molar-refractivity contribution in [3.05, 3.63) is 29.8 Å². The van der Waals surface area contributed by atoms with Gasteiger partial charge in [0.05, 0.1) is 6.61 Å². The van der Waals surface area contributed by atoms with E-state index in [4.69, 9.17) is 9.47 Å². The topological polar surface area (TPSA) is 38.8 Å². The van der Waals surface area contributed by atoms with Crippen LogP contribution >= 0.6 is 0 Å². The molecule has 0 aliphatic carbocycles. The molecular formula is C15H21NO3. The SMILES string of the molecule is COCCOc1cccc(C(=O)N2CCCC2C)c1. The Morgan fingerprint density at radius 3 is 2.95 bits per heavy atom. The molecule has 104 valence electrons. The van der Waals surface area contributed by atoms with Crippen LogP contribution in [0.5, 0.6) is 5.75 Å². The minimum atomic E-state index is 0.0993. The van der Waals surface area contributed by atoms with E-state index in [9.17, 15) is 4.79 Å². The first-order chi connectivity index (χ1) is 9.22. The molecule has 1 saturated heterocycles. The smallest absolute Gasteiger partial charge is 0.254 e. The van der Waals surface area contributed by atoms with Crippen LogP contribution in [0.25, 0.3) is 0 Å². The van der Waals surface area contributed by atoms with Crippen LogP contribution in [0.3, 0.4) is 0 Å². The van der Waals surface area contributed by atoms with Gasteiger partial charge in [-0.1, -0.05) is 6.07 Å². The highest BCUT2D eigenvalue weighted by Crippen LogP contribution is 2.21. The third kappa shape index (κ3) is 3.47. The average Bonchev–Trinajstić information content (AvgIpc) is 2.85. The van der Waals surface area contributed by atoms with Gasteiger partial charge in [0.2, 0.25) is 0 Å². The Bertz CT molecular complexity index is 433. The fourth-order valence-electron chi connectivity index (χ4n) is 2.36. The molecule has 1 aromatic rings. The molecule has 0 saturated carbocycles. The van der Waals surface area contributed by atoms with E-state index in [2.05, 4.69) is 6.92 Å². The van der Waals surface area contributed by atoms with Gasteiger partial charge in [-0.3, -0.25) is 4.79 Å². The number of nitrogens with zero attached hydrogens (tertiary/aromatic N) is 1. The van der Waals surface area contributed by atoms with Crippen molar-refractivity contribution >= 4 is 5.91 Å². The van der Waals surface area contributed by atoms with E-state index < -0.39 is 0 Å². The van der Waals surface area contributed by atoms with E-state index in [0.717, 1.165) is 25.1 Å². The number of hydrogen-bond donors (Lipinski definition) is 0. The molecule has 0 N–H and O–H groups in total. The van der Waals surface area contributed by atoms with E-state index in [-0.39, 0.29) is 5.91 Å². The quantitative estimate of drug-likeness (QED) is 0.765. The average molecular weight is 263 g/mol. The molecule has 1 heterocycles. The monoisotopic (exact) mass is 263 g/mol. The van der Waals surface area contributed by atoms with Gasteiger partial charge in [-0.2, -0.15) is 0 Å². The van der Waals surface area contributed by atoms with Crippen LogP contribution in [0.1, 0.15) is 30.1 Å². The second-order valence-electron chi connectivity index (χ2n) is 4.86. The van der Waals surface area contributed by atoms with E-state index in [1.54, 1.807) is 7.11 Å². The zero-order valence-corrected chi connectivity index (χ0v) is 11.6. The Morgan fingerprint density at radius 2 is 2.26 bits per heavy atom. The number of hydrogen-bond acceptors (Lipinski definition) is 3. The van der Waals surface area contributed by atoms with Crippen LogP contribution in [-0.4, -0.2) is 43.7 Å². The summed E-state index contributed by atoms with van der Waals surface area (Å²) in [5.74, 6) is 0.817. The molecule has 19 heavy (non-hydrogen) atoms. The van der Waals surface area contributed by atoms with Crippen LogP contribution in [0, 0.1) is 0 Å². The van der Waals surface area contributed by atoms with Crippen LogP contribution in [0.15, 0.2) is 24.3 Å². The molecular weight excluding hydrogens is 242 g/mol. The van der Waals surface area contributed by atoms with E-state index in [1.165, 1.54) is 0 Å². The Morgan fingerprint density at radius 1 is 1.42 bits per heavy atom. The lowest BCUT2D eigenvalue weighted by molar-refractivity contribution is 0.0747.